The van der Waals surface area contributed by atoms with Crippen LogP contribution in [0.5, 0.6) is 0 Å². The number of nitro benzene ring substituents is 2. The van der Waals surface area contributed by atoms with Crippen LogP contribution < -0.4 is 0 Å². The third-order valence-corrected chi connectivity index (χ3v) is 4.10. The Morgan fingerprint density at radius 2 is 1.41 bits per heavy atom. The summed E-state index contributed by atoms with van der Waals surface area (Å²) >= 11 is 0. The number of aromatic nitrogens is 2. The van der Waals surface area contributed by atoms with E-state index in [1.807, 2.05) is 13.8 Å². The number of aliphatic hydroxyl groups is 1. The number of benzene rings is 2. The van der Waals surface area contributed by atoms with Gasteiger partial charge in [0.1, 0.15) is 12.9 Å². The smallest absolute Gasteiger partial charge is 0.419 e. The Kier molecular flexibility index (Phi) is 14.6. The minimum absolute atomic E-state index is 0.0249. The second-order valence-corrected chi connectivity index (χ2v) is 6.63. The second kappa shape index (κ2) is 17.1. The molecular weight excluding hydrogens is 496 g/mol. The molecule has 1 aromatic heterocycles. The molecule has 0 amide bonds. The maximum atomic E-state index is 11.6. The number of imidazole rings is 1. The topological polar surface area (TPSA) is 219 Å². The van der Waals surface area contributed by atoms with Crippen molar-refractivity contribution in [1.82, 2.24) is 9.55 Å². The highest BCUT2D eigenvalue weighted by Gasteiger charge is 2.15. The van der Waals surface area contributed by atoms with Crippen molar-refractivity contribution in [2.75, 3.05) is 0 Å². The summed E-state index contributed by atoms with van der Waals surface area (Å²) in [5.74, 6) is 0. The number of nitro groups is 2. The normalized spacial score (nSPS) is 8.84. The third-order valence-electron chi connectivity index (χ3n) is 4.10. The largest absolute Gasteiger partial charge is 0.444 e. The molecule has 0 aliphatic heterocycles. The Bertz CT molecular complexity index is 1250. The summed E-state index contributed by atoms with van der Waals surface area (Å²) in [5, 5.41) is 30.0. The molecule has 0 aliphatic carbocycles. The standard InChI is InChI=1S/C12H11N3O4.C8H9NO3.2CO2/c1-9-2-3-11(15(17)18)10(6-9)7-19-12(16)14-5-4-13-8-14;1-6-2-3-8(9(11)12)7(4-6)5-10;2*2-1-3/h2-6,8H,7H2,1H3;2-4,10H,5H2,1H3;;. The number of aryl methyl sites for hydroxylation is 2. The van der Waals surface area contributed by atoms with Crippen LogP contribution in [-0.2, 0) is 37.1 Å². The van der Waals surface area contributed by atoms with Gasteiger partial charge in [0, 0.05) is 24.5 Å². The molecule has 3 aromatic rings. The van der Waals surface area contributed by atoms with E-state index in [1.54, 1.807) is 24.3 Å². The van der Waals surface area contributed by atoms with E-state index >= 15 is 0 Å². The first-order valence-electron chi connectivity index (χ1n) is 9.78. The first-order chi connectivity index (χ1) is 17.6. The van der Waals surface area contributed by atoms with Gasteiger partial charge in [-0.15, -0.1) is 0 Å². The van der Waals surface area contributed by atoms with E-state index < -0.39 is 15.9 Å². The number of aliphatic hydroxyl groups excluding tert-OH is 1. The lowest BCUT2D eigenvalue weighted by Crippen LogP contribution is -2.12. The molecule has 0 saturated carbocycles. The molecule has 0 radical (unpaired) electrons. The molecule has 0 atom stereocenters. The van der Waals surface area contributed by atoms with E-state index in [2.05, 4.69) is 4.98 Å². The number of carbonyl (C=O) groups is 1. The Balaban J connectivity index is 0.000000615. The monoisotopic (exact) mass is 516 g/mol. The fourth-order valence-electron chi connectivity index (χ4n) is 2.61. The lowest BCUT2D eigenvalue weighted by Gasteiger charge is -2.06. The minimum atomic E-state index is -0.631. The number of ether oxygens (including phenoxy) is 1. The van der Waals surface area contributed by atoms with Crippen LogP contribution in [0, 0.1) is 34.1 Å². The van der Waals surface area contributed by atoms with Crippen LogP contribution in [-0.4, -0.2) is 42.9 Å². The average molecular weight is 516 g/mol. The molecule has 3 rings (SSSR count). The highest BCUT2D eigenvalue weighted by atomic mass is 16.6. The lowest BCUT2D eigenvalue weighted by molar-refractivity contribution is -0.386. The van der Waals surface area contributed by atoms with Gasteiger partial charge in [0.25, 0.3) is 11.4 Å². The highest BCUT2D eigenvalue weighted by Crippen LogP contribution is 2.21. The number of carbonyl (C=O) groups excluding carboxylic acids is 5. The second-order valence-electron chi connectivity index (χ2n) is 6.63. The van der Waals surface area contributed by atoms with Crippen LogP contribution in [0.1, 0.15) is 22.3 Å². The van der Waals surface area contributed by atoms with Crippen molar-refractivity contribution >= 4 is 29.8 Å². The number of hydrogen-bond donors (Lipinski definition) is 1. The third kappa shape index (κ3) is 11.6. The van der Waals surface area contributed by atoms with Gasteiger partial charge in [-0.25, -0.2) is 14.3 Å². The van der Waals surface area contributed by atoms with Crippen molar-refractivity contribution < 1.29 is 43.7 Å². The van der Waals surface area contributed by atoms with Crippen LogP contribution >= 0.6 is 0 Å². The molecule has 0 aliphatic rings. The van der Waals surface area contributed by atoms with Gasteiger partial charge in [0.15, 0.2) is 0 Å². The van der Waals surface area contributed by atoms with Crippen LogP contribution in [0.4, 0.5) is 16.2 Å². The molecule has 2 aromatic carbocycles. The van der Waals surface area contributed by atoms with Gasteiger partial charge in [-0.05, 0) is 26.0 Å². The first kappa shape index (κ1) is 31.6. The Hall–Kier alpha value is -5.36. The van der Waals surface area contributed by atoms with Crippen molar-refractivity contribution in [3.05, 3.63) is 97.6 Å². The van der Waals surface area contributed by atoms with Crippen LogP contribution in [0.15, 0.2) is 55.1 Å². The fraction of sp³-hybridized carbons (Fsp3) is 0.182. The molecule has 37 heavy (non-hydrogen) atoms. The summed E-state index contributed by atoms with van der Waals surface area (Å²) < 4.78 is 6.15. The average Bonchev–Trinajstić information content (AvgIpc) is 3.39. The number of hydrogen-bond acceptors (Lipinski definition) is 12. The van der Waals surface area contributed by atoms with E-state index in [4.69, 9.17) is 29.0 Å². The molecule has 0 spiro atoms. The van der Waals surface area contributed by atoms with Gasteiger partial charge in [0.2, 0.25) is 0 Å². The van der Waals surface area contributed by atoms with Gasteiger partial charge < -0.3 is 9.84 Å². The van der Waals surface area contributed by atoms with Crippen molar-refractivity contribution in [2.24, 2.45) is 0 Å². The molecule has 0 saturated heterocycles. The summed E-state index contributed by atoms with van der Waals surface area (Å²) in [4.78, 5) is 68.0. The SMILES string of the molecule is Cc1ccc([N+](=O)[O-])c(CO)c1.Cc1ccc([N+](=O)[O-])c(COC(=O)n2ccnc2)c1.O=C=O.O=C=O. The molecule has 15 heteroatoms. The first-order valence-corrected chi connectivity index (χ1v) is 9.78. The Morgan fingerprint density at radius 3 is 1.81 bits per heavy atom. The van der Waals surface area contributed by atoms with Crippen LogP contribution in [0.2, 0.25) is 0 Å². The van der Waals surface area contributed by atoms with Gasteiger partial charge >= 0.3 is 18.4 Å². The van der Waals surface area contributed by atoms with Crippen LogP contribution in [0.25, 0.3) is 0 Å². The van der Waals surface area contributed by atoms with Crippen molar-refractivity contribution in [2.45, 2.75) is 27.1 Å². The van der Waals surface area contributed by atoms with E-state index in [9.17, 15) is 25.0 Å². The Labute approximate surface area is 208 Å². The van der Waals surface area contributed by atoms with Crippen LogP contribution in [0.3, 0.4) is 0 Å². The van der Waals surface area contributed by atoms with E-state index in [-0.39, 0.29) is 36.9 Å². The molecule has 194 valence electrons. The summed E-state index contributed by atoms with van der Waals surface area (Å²) in [5.41, 5.74) is 2.40. The molecule has 15 nitrogen and oxygen atoms in total. The zero-order chi connectivity index (χ0) is 28.4. The van der Waals surface area contributed by atoms with E-state index in [0.29, 0.717) is 11.1 Å². The number of nitrogens with zero attached hydrogens (tertiary/aromatic N) is 4. The Morgan fingerprint density at radius 1 is 0.946 bits per heavy atom. The predicted octanol–water partition coefficient (Wildman–Crippen LogP) is 2.51. The van der Waals surface area contributed by atoms with E-state index in [1.165, 1.54) is 30.9 Å². The van der Waals surface area contributed by atoms with Crippen molar-refractivity contribution in [3.63, 3.8) is 0 Å². The van der Waals surface area contributed by atoms with Gasteiger partial charge in [0.05, 0.1) is 27.6 Å². The zero-order valence-electron chi connectivity index (χ0n) is 19.4. The fourth-order valence-corrected chi connectivity index (χ4v) is 2.61. The molecule has 0 fully saturated rings. The van der Waals surface area contributed by atoms with Gasteiger partial charge in [-0.3, -0.25) is 20.2 Å². The van der Waals surface area contributed by atoms with Crippen molar-refractivity contribution in [3.8, 4) is 0 Å². The summed E-state index contributed by atoms with van der Waals surface area (Å²) in [6.45, 7) is 3.18. The summed E-state index contributed by atoms with van der Waals surface area (Å²) in [6, 6.07) is 9.32. The highest BCUT2D eigenvalue weighted by molar-refractivity contribution is 5.70. The van der Waals surface area contributed by atoms with Gasteiger partial charge in [-0.1, -0.05) is 23.3 Å². The zero-order valence-corrected chi connectivity index (χ0v) is 19.4. The maximum Gasteiger partial charge on any atom is 0.419 e. The molecular formula is C22H20N4O11. The predicted molar refractivity (Wildman–Crippen MR) is 119 cm³/mol. The maximum absolute atomic E-state index is 11.6. The number of rotatable bonds is 5. The van der Waals surface area contributed by atoms with Gasteiger partial charge in [-0.2, -0.15) is 19.2 Å². The summed E-state index contributed by atoms with van der Waals surface area (Å²) in [6.07, 6.45) is 4.05. The summed E-state index contributed by atoms with van der Waals surface area (Å²) in [7, 11) is 0. The van der Waals surface area contributed by atoms with E-state index in [0.717, 1.165) is 15.7 Å². The quantitative estimate of drug-likeness (QED) is 0.382. The molecule has 0 unspecified atom stereocenters. The lowest BCUT2D eigenvalue weighted by atomic mass is 10.1. The molecule has 1 N–H and O–H groups in total. The minimum Gasteiger partial charge on any atom is -0.444 e. The molecule has 1 heterocycles. The molecule has 0 bridgehead atoms. The van der Waals surface area contributed by atoms with Crippen molar-refractivity contribution in [1.29, 1.82) is 0 Å².